The first-order chi connectivity index (χ1) is 12.6. The van der Waals surface area contributed by atoms with Gasteiger partial charge in [0.1, 0.15) is 19.0 Å². The van der Waals surface area contributed by atoms with Crippen LogP contribution in [0.2, 0.25) is 0 Å². The van der Waals surface area contributed by atoms with Crippen LogP contribution >= 0.6 is 0 Å². The highest BCUT2D eigenvalue weighted by Gasteiger charge is 2.03. The molecule has 0 aliphatic carbocycles. The number of hydrogen-bond acceptors (Lipinski definition) is 4. The number of ether oxygens (including phenoxy) is 1. The Morgan fingerprint density at radius 2 is 1.92 bits per heavy atom. The molecule has 0 radical (unpaired) electrons. The van der Waals surface area contributed by atoms with Crippen molar-refractivity contribution < 1.29 is 19.5 Å². The number of aliphatic carboxylic acids is 1. The normalized spacial score (nSPS) is 11.2. The molecule has 0 amide bonds. The fourth-order valence-electron chi connectivity index (χ4n) is 2.41. The Kier molecular flexibility index (Phi) is 7.71. The quantitative estimate of drug-likeness (QED) is 0.498. The largest absolute Gasteiger partial charge is 0.491 e. The van der Waals surface area contributed by atoms with E-state index in [9.17, 15) is 4.79 Å². The SMILES string of the molecule is CCC=C(NOCCOc1cccc(CC(=O)O)c1)c1ccc(C)cc1. The first-order valence-corrected chi connectivity index (χ1v) is 8.67. The van der Waals surface area contributed by atoms with E-state index in [2.05, 4.69) is 49.7 Å². The molecule has 5 nitrogen and oxygen atoms in total. The lowest BCUT2D eigenvalue weighted by molar-refractivity contribution is -0.136. The molecule has 2 aromatic carbocycles. The molecule has 0 aromatic heterocycles. The summed E-state index contributed by atoms with van der Waals surface area (Å²) in [5, 5.41) is 8.83. The second kappa shape index (κ2) is 10.3. The van der Waals surface area contributed by atoms with Crippen LogP contribution in [0.4, 0.5) is 0 Å². The molecule has 26 heavy (non-hydrogen) atoms. The van der Waals surface area contributed by atoms with Crippen molar-refractivity contribution in [3.63, 3.8) is 0 Å². The van der Waals surface area contributed by atoms with Crippen LogP contribution in [0.3, 0.4) is 0 Å². The van der Waals surface area contributed by atoms with Gasteiger partial charge in [0.25, 0.3) is 0 Å². The lowest BCUT2D eigenvalue weighted by Crippen LogP contribution is -2.18. The van der Waals surface area contributed by atoms with Crippen LogP contribution in [0.25, 0.3) is 5.70 Å². The van der Waals surface area contributed by atoms with Crippen LogP contribution in [0.15, 0.2) is 54.6 Å². The number of carboxylic acid groups (broad SMARTS) is 1. The molecule has 0 spiro atoms. The van der Waals surface area contributed by atoms with Crippen molar-refractivity contribution in [3.8, 4) is 5.75 Å². The number of hydroxylamine groups is 1. The fraction of sp³-hybridized carbons (Fsp3) is 0.286. The standard InChI is InChI=1S/C21H25NO4/c1-3-5-20(18-10-8-16(2)9-11-18)22-26-13-12-25-19-7-4-6-17(14-19)15-21(23)24/h4-11,14,22H,3,12-13,15H2,1-2H3,(H,23,24). The van der Waals surface area contributed by atoms with Gasteiger partial charge in [-0.2, -0.15) is 0 Å². The fourth-order valence-corrected chi connectivity index (χ4v) is 2.41. The summed E-state index contributed by atoms with van der Waals surface area (Å²) >= 11 is 0. The average Bonchev–Trinajstić information content (AvgIpc) is 2.61. The van der Waals surface area contributed by atoms with Gasteiger partial charge in [-0.15, -0.1) is 0 Å². The lowest BCUT2D eigenvalue weighted by Gasteiger charge is -2.12. The van der Waals surface area contributed by atoms with Gasteiger partial charge < -0.3 is 9.84 Å². The lowest BCUT2D eigenvalue weighted by atomic mass is 10.1. The summed E-state index contributed by atoms with van der Waals surface area (Å²) in [6, 6.07) is 15.3. The van der Waals surface area contributed by atoms with Crippen LogP contribution in [0, 0.1) is 6.92 Å². The number of aryl methyl sites for hydroxylation is 1. The van der Waals surface area contributed by atoms with Crippen LogP contribution < -0.4 is 10.2 Å². The van der Waals surface area contributed by atoms with E-state index in [-0.39, 0.29) is 6.42 Å². The number of rotatable bonds is 10. The van der Waals surface area contributed by atoms with Crippen molar-refractivity contribution in [3.05, 3.63) is 71.3 Å². The summed E-state index contributed by atoms with van der Waals surface area (Å²) in [6.45, 7) is 4.84. The van der Waals surface area contributed by atoms with Crippen molar-refractivity contribution in [2.75, 3.05) is 13.2 Å². The molecule has 0 fully saturated rings. The Morgan fingerprint density at radius 3 is 2.62 bits per heavy atom. The maximum absolute atomic E-state index is 10.8. The van der Waals surface area contributed by atoms with Crippen molar-refractivity contribution in [1.29, 1.82) is 0 Å². The number of hydrogen-bond donors (Lipinski definition) is 2. The van der Waals surface area contributed by atoms with E-state index >= 15 is 0 Å². The van der Waals surface area contributed by atoms with E-state index in [0.717, 1.165) is 17.7 Å². The van der Waals surface area contributed by atoms with Crippen molar-refractivity contribution in [2.24, 2.45) is 0 Å². The Bertz CT molecular complexity index is 738. The number of nitrogens with one attached hydrogen (secondary N) is 1. The predicted molar refractivity (Wildman–Crippen MR) is 102 cm³/mol. The average molecular weight is 355 g/mol. The first-order valence-electron chi connectivity index (χ1n) is 8.67. The van der Waals surface area contributed by atoms with Crippen molar-refractivity contribution >= 4 is 11.7 Å². The van der Waals surface area contributed by atoms with Gasteiger partial charge in [0.05, 0.1) is 12.1 Å². The predicted octanol–water partition coefficient (Wildman–Crippen LogP) is 3.97. The van der Waals surface area contributed by atoms with Gasteiger partial charge in [0.15, 0.2) is 0 Å². The van der Waals surface area contributed by atoms with Gasteiger partial charge in [-0.3, -0.25) is 15.1 Å². The van der Waals surface area contributed by atoms with E-state index in [1.54, 1.807) is 24.3 Å². The van der Waals surface area contributed by atoms with Crippen molar-refractivity contribution in [1.82, 2.24) is 5.48 Å². The summed E-state index contributed by atoms with van der Waals surface area (Å²) in [7, 11) is 0. The number of carbonyl (C=O) groups is 1. The van der Waals surface area contributed by atoms with Gasteiger partial charge in [-0.1, -0.05) is 55.0 Å². The molecule has 138 valence electrons. The Balaban J connectivity index is 1.79. The third-order valence-corrected chi connectivity index (χ3v) is 3.66. The third-order valence-electron chi connectivity index (χ3n) is 3.66. The molecule has 5 heteroatoms. The Morgan fingerprint density at radius 1 is 1.15 bits per heavy atom. The molecule has 0 saturated heterocycles. The highest BCUT2D eigenvalue weighted by Crippen LogP contribution is 2.15. The van der Waals surface area contributed by atoms with Gasteiger partial charge >= 0.3 is 5.97 Å². The zero-order valence-electron chi connectivity index (χ0n) is 15.2. The van der Waals surface area contributed by atoms with Crippen LogP contribution in [-0.2, 0) is 16.1 Å². The molecular weight excluding hydrogens is 330 g/mol. The second-order valence-corrected chi connectivity index (χ2v) is 5.91. The summed E-state index contributed by atoms with van der Waals surface area (Å²) in [6.07, 6.45) is 2.95. The van der Waals surface area contributed by atoms with E-state index < -0.39 is 5.97 Å². The van der Waals surface area contributed by atoms with Gasteiger partial charge in [-0.05, 0) is 36.6 Å². The minimum absolute atomic E-state index is 0.0169. The van der Waals surface area contributed by atoms with E-state index in [1.165, 1.54) is 5.56 Å². The van der Waals surface area contributed by atoms with Crippen LogP contribution in [0.5, 0.6) is 5.75 Å². The zero-order valence-corrected chi connectivity index (χ0v) is 15.2. The molecule has 0 saturated carbocycles. The monoisotopic (exact) mass is 355 g/mol. The van der Waals surface area contributed by atoms with E-state index in [1.807, 2.05) is 0 Å². The highest BCUT2D eigenvalue weighted by molar-refractivity contribution is 5.70. The molecule has 0 aliphatic heterocycles. The maximum Gasteiger partial charge on any atom is 0.307 e. The molecular formula is C21H25NO4. The Hall–Kier alpha value is -2.79. The highest BCUT2D eigenvalue weighted by atomic mass is 16.7. The summed E-state index contributed by atoms with van der Waals surface area (Å²) in [4.78, 5) is 16.3. The number of carboxylic acids is 1. The summed E-state index contributed by atoms with van der Waals surface area (Å²) in [5.74, 6) is -0.226. The van der Waals surface area contributed by atoms with Crippen molar-refractivity contribution in [2.45, 2.75) is 26.7 Å². The minimum atomic E-state index is -0.860. The molecule has 2 N–H and O–H groups in total. The third kappa shape index (κ3) is 6.61. The molecule has 0 unspecified atom stereocenters. The number of allylic oxidation sites excluding steroid dienone is 1. The molecule has 2 rings (SSSR count). The molecule has 2 aromatic rings. The molecule has 0 aliphatic rings. The van der Waals surface area contributed by atoms with Crippen LogP contribution in [-0.4, -0.2) is 24.3 Å². The smallest absolute Gasteiger partial charge is 0.307 e. The molecule has 0 heterocycles. The number of benzene rings is 2. The van der Waals surface area contributed by atoms with Gasteiger partial charge in [0.2, 0.25) is 0 Å². The summed E-state index contributed by atoms with van der Waals surface area (Å²) < 4.78 is 5.61. The Labute approximate surface area is 154 Å². The maximum atomic E-state index is 10.8. The van der Waals surface area contributed by atoms with E-state index in [0.29, 0.717) is 24.5 Å². The van der Waals surface area contributed by atoms with Crippen LogP contribution in [0.1, 0.15) is 30.0 Å². The molecule has 0 atom stereocenters. The minimum Gasteiger partial charge on any atom is -0.491 e. The first kappa shape index (κ1) is 19.5. The summed E-state index contributed by atoms with van der Waals surface area (Å²) in [5.41, 5.74) is 6.90. The van der Waals surface area contributed by atoms with E-state index in [4.69, 9.17) is 14.7 Å². The van der Waals surface area contributed by atoms with Gasteiger partial charge in [0, 0.05) is 0 Å². The second-order valence-electron chi connectivity index (χ2n) is 5.91. The topological polar surface area (TPSA) is 67.8 Å². The molecule has 0 bridgehead atoms. The zero-order chi connectivity index (χ0) is 18.8. The van der Waals surface area contributed by atoms with Gasteiger partial charge in [-0.25, -0.2) is 0 Å².